The van der Waals surface area contributed by atoms with E-state index in [0.717, 1.165) is 24.3 Å². The van der Waals surface area contributed by atoms with Crippen molar-refractivity contribution < 1.29 is 23.8 Å². The van der Waals surface area contributed by atoms with Gasteiger partial charge < -0.3 is 19.1 Å². The monoisotopic (exact) mass is 468 g/mol. The minimum Gasteiger partial charge on any atom is -0.499 e. The summed E-state index contributed by atoms with van der Waals surface area (Å²) in [5, 5.41) is 0. The molecule has 1 aliphatic carbocycles. The third kappa shape index (κ3) is 6.76. The Morgan fingerprint density at radius 2 is 1.67 bits per heavy atom. The van der Waals surface area contributed by atoms with Crippen molar-refractivity contribution in [1.29, 1.82) is 0 Å². The number of hydrogen-bond donors (Lipinski definition) is 2. The molecule has 2 rings (SSSR count). The number of nitrogens with zero attached hydrogens (tertiary/aromatic N) is 2. The molecule has 190 valence electrons. The van der Waals surface area contributed by atoms with E-state index in [4.69, 9.17) is 20.1 Å². The van der Waals surface area contributed by atoms with Crippen LogP contribution in [0.1, 0.15) is 74.7 Å². The Morgan fingerprint density at radius 3 is 2.12 bits per heavy atom. The van der Waals surface area contributed by atoms with Crippen molar-refractivity contribution in [3.05, 3.63) is 11.5 Å². The number of ether oxygens (including phenoxy) is 3. The van der Waals surface area contributed by atoms with Crippen molar-refractivity contribution in [2.24, 2.45) is 17.7 Å². The van der Waals surface area contributed by atoms with Crippen LogP contribution in [0.2, 0.25) is 0 Å². The molecule has 0 aromatic carbocycles. The number of likely N-dealkylation sites (tertiary alicyclic amines) is 1. The molecular formula is C24H44N4O5. The molecule has 3 N–H and O–H groups in total. The standard InChI is InChI=1S/C24H44N4O5/c1-16-14-18(31-9)19(24(16,8)26-25)28(21(30)33-23(5,6)7)15-17-10-12-27(13-11-17)20(29)32-22(2,3)4/h16-17,26H,10-15,25H2,1-9H3/t16-,24?/m1/s1. The Hall–Kier alpha value is -2.00. The fraction of sp³-hybridized carbons (Fsp3) is 0.833. The molecule has 2 aliphatic rings. The highest BCUT2D eigenvalue weighted by Crippen LogP contribution is 2.43. The van der Waals surface area contributed by atoms with Gasteiger partial charge in [0, 0.05) is 26.1 Å². The van der Waals surface area contributed by atoms with Crippen molar-refractivity contribution in [1.82, 2.24) is 15.2 Å². The quantitative estimate of drug-likeness (QED) is 0.464. The van der Waals surface area contributed by atoms with E-state index < -0.39 is 22.8 Å². The zero-order valence-corrected chi connectivity index (χ0v) is 21.9. The lowest BCUT2D eigenvalue weighted by atomic mass is 9.88. The minimum atomic E-state index is -0.639. The van der Waals surface area contributed by atoms with Gasteiger partial charge in [0.2, 0.25) is 0 Å². The SMILES string of the molecule is COC1=C(N(CC2CCN(C(=O)OC(C)(C)C)CC2)C(=O)OC(C)(C)C)C(C)(NN)[C@H](C)C1. The molecule has 9 nitrogen and oxygen atoms in total. The van der Waals surface area contributed by atoms with Crippen molar-refractivity contribution >= 4 is 12.2 Å². The second-order valence-electron chi connectivity index (χ2n) is 11.4. The second-order valence-corrected chi connectivity index (χ2v) is 11.4. The average Bonchev–Trinajstić information content (AvgIpc) is 2.94. The summed E-state index contributed by atoms with van der Waals surface area (Å²) in [7, 11) is 1.62. The molecule has 1 unspecified atom stereocenters. The fourth-order valence-corrected chi connectivity index (χ4v) is 4.38. The minimum absolute atomic E-state index is 0.131. The number of nitrogens with one attached hydrogen (secondary N) is 1. The van der Waals surface area contributed by atoms with Crippen LogP contribution in [-0.2, 0) is 14.2 Å². The van der Waals surface area contributed by atoms with Crippen LogP contribution in [0.4, 0.5) is 9.59 Å². The first-order chi connectivity index (χ1) is 15.1. The number of nitrogens with two attached hydrogens (primary N) is 1. The van der Waals surface area contributed by atoms with Crippen LogP contribution in [0.3, 0.4) is 0 Å². The zero-order valence-electron chi connectivity index (χ0n) is 21.9. The summed E-state index contributed by atoms with van der Waals surface area (Å²) >= 11 is 0. The van der Waals surface area contributed by atoms with E-state index in [-0.39, 0.29) is 17.9 Å². The molecule has 0 radical (unpaired) electrons. The molecule has 0 bridgehead atoms. The third-order valence-corrected chi connectivity index (χ3v) is 6.37. The van der Waals surface area contributed by atoms with E-state index in [9.17, 15) is 9.59 Å². The maximum Gasteiger partial charge on any atom is 0.414 e. The van der Waals surface area contributed by atoms with Gasteiger partial charge in [-0.25, -0.2) is 15.0 Å². The van der Waals surface area contributed by atoms with Crippen molar-refractivity contribution in [2.75, 3.05) is 26.7 Å². The lowest BCUT2D eigenvalue weighted by Gasteiger charge is -2.40. The molecule has 1 saturated heterocycles. The molecule has 1 aliphatic heterocycles. The summed E-state index contributed by atoms with van der Waals surface area (Å²) in [4.78, 5) is 29.2. The third-order valence-electron chi connectivity index (χ3n) is 6.37. The first-order valence-corrected chi connectivity index (χ1v) is 11.8. The molecule has 0 aromatic heterocycles. The van der Waals surface area contributed by atoms with E-state index in [1.807, 2.05) is 48.5 Å². The Morgan fingerprint density at radius 1 is 1.12 bits per heavy atom. The van der Waals surface area contributed by atoms with Crippen LogP contribution in [0.5, 0.6) is 0 Å². The van der Waals surface area contributed by atoms with Crippen molar-refractivity contribution in [2.45, 2.75) is 91.4 Å². The smallest absolute Gasteiger partial charge is 0.414 e. The van der Waals surface area contributed by atoms with Gasteiger partial charge in [-0.3, -0.25) is 10.7 Å². The highest BCUT2D eigenvalue weighted by molar-refractivity contribution is 5.72. The summed E-state index contributed by atoms with van der Waals surface area (Å²) in [5.74, 6) is 7.05. The van der Waals surface area contributed by atoms with Gasteiger partial charge in [-0.15, -0.1) is 0 Å². The maximum absolute atomic E-state index is 13.4. The average molecular weight is 469 g/mol. The largest absolute Gasteiger partial charge is 0.499 e. The highest BCUT2D eigenvalue weighted by atomic mass is 16.6. The maximum atomic E-state index is 13.4. The predicted octanol–water partition coefficient (Wildman–Crippen LogP) is 3.99. The van der Waals surface area contributed by atoms with E-state index in [1.165, 1.54) is 0 Å². The molecule has 33 heavy (non-hydrogen) atoms. The van der Waals surface area contributed by atoms with Gasteiger partial charge in [-0.1, -0.05) is 6.92 Å². The number of piperidine rings is 1. The molecular weight excluding hydrogens is 424 g/mol. The normalized spacial score (nSPS) is 24.7. The lowest BCUT2D eigenvalue weighted by Crippen LogP contribution is -2.56. The van der Waals surface area contributed by atoms with Crippen LogP contribution in [0.15, 0.2) is 11.5 Å². The number of rotatable bonds is 5. The number of hydrazine groups is 1. The number of carbonyl (C=O) groups excluding carboxylic acids is 2. The van der Waals surface area contributed by atoms with Crippen LogP contribution >= 0.6 is 0 Å². The second kappa shape index (κ2) is 10.1. The van der Waals surface area contributed by atoms with Gasteiger partial charge in [0.25, 0.3) is 0 Å². The van der Waals surface area contributed by atoms with Gasteiger partial charge in [-0.2, -0.15) is 0 Å². The van der Waals surface area contributed by atoms with Gasteiger partial charge in [0.05, 0.1) is 18.3 Å². The number of allylic oxidation sites excluding steroid dienone is 1. The Kier molecular flexibility index (Phi) is 8.33. The lowest BCUT2D eigenvalue weighted by molar-refractivity contribution is 0.0111. The Labute approximate surface area is 198 Å². The zero-order chi connectivity index (χ0) is 25.2. The van der Waals surface area contributed by atoms with Crippen LogP contribution in [0.25, 0.3) is 0 Å². The van der Waals surface area contributed by atoms with Gasteiger partial charge >= 0.3 is 12.2 Å². The summed E-state index contributed by atoms with van der Waals surface area (Å²) < 4.78 is 17.0. The van der Waals surface area contributed by atoms with Crippen LogP contribution < -0.4 is 11.3 Å². The summed E-state index contributed by atoms with van der Waals surface area (Å²) in [5.41, 5.74) is 1.85. The molecule has 0 spiro atoms. The highest BCUT2D eigenvalue weighted by Gasteiger charge is 2.48. The van der Waals surface area contributed by atoms with E-state index >= 15 is 0 Å². The number of methoxy groups -OCH3 is 1. The van der Waals surface area contributed by atoms with Crippen molar-refractivity contribution in [3.8, 4) is 0 Å². The van der Waals surface area contributed by atoms with Crippen molar-refractivity contribution in [3.63, 3.8) is 0 Å². The van der Waals surface area contributed by atoms with E-state index in [0.29, 0.717) is 26.1 Å². The molecule has 1 heterocycles. The number of hydrogen-bond acceptors (Lipinski definition) is 7. The Balaban J connectivity index is 2.23. The van der Waals surface area contributed by atoms with E-state index in [2.05, 4.69) is 12.3 Å². The van der Waals surface area contributed by atoms with Gasteiger partial charge in [0.1, 0.15) is 17.0 Å². The Bertz CT molecular complexity index is 747. The molecule has 9 heteroatoms. The molecule has 2 atom stereocenters. The van der Waals surface area contributed by atoms with Crippen LogP contribution in [0, 0.1) is 11.8 Å². The number of carbonyl (C=O) groups is 2. The summed E-state index contributed by atoms with van der Waals surface area (Å²) in [6.07, 6.45) is 1.48. The first-order valence-electron chi connectivity index (χ1n) is 11.8. The molecule has 0 aromatic rings. The molecule has 0 saturated carbocycles. The predicted molar refractivity (Wildman–Crippen MR) is 127 cm³/mol. The number of amides is 2. The van der Waals surface area contributed by atoms with E-state index in [1.54, 1.807) is 16.9 Å². The van der Waals surface area contributed by atoms with Crippen LogP contribution in [-0.4, -0.2) is 65.5 Å². The summed E-state index contributed by atoms with van der Waals surface area (Å²) in [6, 6.07) is 0. The van der Waals surface area contributed by atoms with Gasteiger partial charge in [-0.05, 0) is 73.1 Å². The molecule has 1 fully saturated rings. The van der Waals surface area contributed by atoms with Gasteiger partial charge in [0.15, 0.2) is 0 Å². The summed E-state index contributed by atoms with van der Waals surface area (Å²) in [6.45, 7) is 16.8. The fourth-order valence-electron chi connectivity index (χ4n) is 4.38. The molecule has 2 amide bonds. The topological polar surface area (TPSA) is 106 Å². The first kappa shape index (κ1) is 27.2.